The zero-order valence-electron chi connectivity index (χ0n) is 5.87. The fraction of sp³-hybridized carbons (Fsp3) is 0.333. The van der Waals surface area contributed by atoms with Gasteiger partial charge in [-0.2, -0.15) is 0 Å². The maximum absolute atomic E-state index is 9.00. The predicted octanol–water partition coefficient (Wildman–Crippen LogP) is 1.07. The van der Waals surface area contributed by atoms with Gasteiger partial charge in [0.2, 0.25) is 0 Å². The smallest absolute Gasteiger partial charge is 0.300 e. The van der Waals surface area contributed by atoms with Crippen molar-refractivity contribution in [3.63, 3.8) is 0 Å². The summed E-state index contributed by atoms with van der Waals surface area (Å²) in [5.41, 5.74) is 0.926. The summed E-state index contributed by atoms with van der Waals surface area (Å²) in [5.74, 6) is -0.833. The molecule has 4 heteroatoms. The van der Waals surface area contributed by atoms with Crippen molar-refractivity contribution in [2.24, 2.45) is 0 Å². The minimum atomic E-state index is -0.833. The fourth-order valence-corrected chi connectivity index (χ4v) is 0.273. The summed E-state index contributed by atoms with van der Waals surface area (Å²) in [6.07, 6.45) is 1.55. The number of aliphatic carboxylic acids is 1. The number of nitrogens with zero attached hydrogens (tertiary/aromatic N) is 1. The zero-order valence-corrected chi connectivity index (χ0v) is 5.87. The van der Waals surface area contributed by atoms with Crippen LogP contribution in [0.15, 0.2) is 16.9 Å². The summed E-state index contributed by atoms with van der Waals surface area (Å²) in [5, 5.41) is 11.0. The second-order valence-corrected chi connectivity index (χ2v) is 1.66. The first-order valence-corrected chi connectivity index (χ1v) is 2.69. The number of aryl methyl sites for hydroxylation is 1. The molecule has 0 unspecified atom stereocenters. The van der Waals surface area contributed by atoms with Crippen LogP contribution in [0.2, 0.25) is 0 Å². The number of carboxylic acids is 1. The number of hydrogen-bond donors (Lipinski definition) is 1. The highest BCUT2D eigenvalue weighted by Gasteiger charge is 1.78. The summed E-state index contributed by atoms with van der Waals surface area (Å²) >= 11 is 0. The Bertz CT molecular complexity index is 177. The van der Waals surface area contributed by atoms with Crippen LogP contribution < -0.4 is 0 Å². The van der Waals surface area contributed by atoms with Crippen molar-refractivity contribution in [2.45, 2.75) is 13.8 Å². The molecular formula is C6H9NO3. The summed E-state index contributed by atoms with van der Waals surface area (Å²) in [7, 11) is 0. The zero-order chi connectivity index (χ0) is 7.98. The van der Waals surface area contributed by atoms with Crippen molar-refractivity contribution in [3.8, 4) is 0 Å². The normalized spacial score (nSPS) is 7.80. The van der Waals surface area contributed by atoms with Crippen molar-refractivity contribution in [2.75, 3.05) is 0 Å². The molecule has 0 aliphatic carbocycles. The van der Waals surface area contributed by atoms with Gasteiger partial charge in [-0.1, -0.05) is 5.16 Å². The Balaban J connectivity index is 0.000000180. The van der Waals surface area contributed by atoms with Crippen LogP contribution in [0.4, 0.5) is 0 Å². The molecule has 0 spiro atoms. The third-order valence-corrected chi connectivity index (χ3v) is 0.567. The molecule has 0 bridgehead atoms. The summed E-state index contributed by atoms with van der Waals surface area (Å²) in [4.78, 5) is 9.00. The Kier molecular flexibility index (Phi) is 3.95. The molecule has 56 valence electrons. The van der Waals surface area contributed by atoms with Gasteiger partial charge in [-0.25, -0.2) is 0 Å². The topological polar surface area (TPSA) is 63.3 Å². The second-order valence-electron chi connectivity index (χ2n) is 1.66. The van der Waals surface area contributed by atoms with Crippen molar-refractivity contribution in [3.05, 3.63) is 18.0 Å². The van der Waals surface area contributed by atoms with Crippen LogP contribution >= 0.6 is 0 Å². The SMILES string of the molecule is CC(=O)O.Cc1ccon1. The lowest BCUT2D eigenvalue weighted by Crippen LogP contribution is -1.78. The predicted molar refractivity (Wildman–Crippen MR) is 34.5 cm³/mol. The average Bonchev–Trinajstić information content (AvgIpc) is 2.15. The Hall–Kier alpha value is -1.32. The molecule has 10 heavy (non-hydrogen) atoms. The van der Waals surface area contributed by atoms with Crippen LogP contribution in [0.3, 0.4) is 0 Å². The molecule has 1 aromatic rings. The molecule has 0 saturated heterocycles. The van der Waals surface area contributed by atoms with Gasteiger partial charge in [0.25, 0.3) is 5.97 Å². The molecule has 0 aromatic carbocycles. The van der Waals surface area contributed by atoms with Crippen LogP contribution in [-0.2, 0) is 4.79 Å². The van der Waals surface area contributed by atoms with E-state index in [1.54, 1.807) is 12.3 Å². The van der Waals surface area contributed by atoms with Crippen LogP contribution in [0.1, 0.15) is 12.6 Å². The summed E-state index contributed by atoms with van der Waals surface area (Å²) < 4.78 is 4.46. The number of rotatable bonds is 0. The van der Waals surface area contributed by atoms with Crippen LogP contribution in [0, 0.1) is 6.92 Å². The first kappa shape index (κ1) is 8.68. The molecule has 1 heterocycles. The second kappa shape index (κ2) is 4.55. The van der Waals surface area contributed by atoms with E-state index in [1.165, 1.54) is 0 Å². The number of aromatic nitrogens is 1. The van der Waals surface area contributed by atoms with Crippen molar-refractivity contribution < 1.29 is 14.4 Å². The van der Waals surface area contributed by atoms with Gasteiger partial charge < -0.3 is 9.63 Å². The molecule has 0 saturated carbocycles. The molecule has 1 N–H and O–H groups in total. The van der Waals surface area contributed by atoms with Crippen molar-refractivity contribution in [1.29, 1.82) is 0 Å². The van der Waals surface area contributed by atoms with E-state index in [1.807, 2.05) is 6.92 Å². The standard InChI is InChI=1S/C4H5NO.C2H4O2/c1-4-2-3-6-5-4;1-2(3)4/h2-3H,1H3;1H3,(H,3,4). The van der Waals surface area contributed by atoms with Gasteiger partial charge in [-0.15, -0.1) is 0 Å². The Morgan fingerprint density at radius 3 is 2.40 bits per heavy atom. The summed E-state index contributed by atoms with van der Waals surface area (Å²) in [6, 6.07) is 1.81. The molecule has 0 radical (unpaired) electrons. The van der Waals surface area contributed by atoms with E-state index in [9.17, 15) is 0 Å². The largest absolute Gasteiger partial charge is 0.481 e. The monoisotopic (exact) mass is 143 g/mol. The number of carboxylic acid groups (broad SMARTS) is 1. The lowest BCUT2D eigenvalue weighted by Gasteiger charge is -1.62. The first-order valence-electron chi connectivity index (χ1n) is 2.69. The van der Waals surface area contributed by atoms with E-state index in [0.717, 1.165) is 12.6 Å². The highest BCUT2D eigenvalue weighted by molar-refractivity contribution is 5.62. The quantitative estimate of drug-likeness (QED) is 0.590. The Morgan fingerprint density at radius 1 is 1.80 bits per heavy atom. The van der Waals surface area contributed by atoms with E-state index >= 15 is 0 Å². The van der Waals surface area contributed by atoms with Gasteiger partial charge in [0.1, 0.15) is 6.26 Å². The molecule has 0 amide bonds. The molecule has 0 fully saturated rings. The summed E-state index contributed by atoms with van der Waals surface area (Å²) in [6.45, 7) is 2.96. The van der Waals surface area contributed by atoms with E-state index < -0.39 is 5.97 Å². The van der Waals surface area contributed by atoms with Crippen LogP contribution in [-0.4, -0.2) is 16.2 Å². The van der Waals surface area contributed by atoms with Gasteiger partial charge in [0, 0.05) is 13.0 Å². The lowest BCUT2D eigenvalue weighted by molar-refractivity contribution is -0.134. The highest BCUT2D eigenvalue weighted by Crippen LogP contribution is 1.86. The molecular weight excluding hydrogens is 134 g/mol. The number of carbonyl (C=O) groups is 1. The van der Waals surface area contributed by atoms with E-state index in [4.69, 9.17) is 9.90 Å². The fourth-order valence-electron chi connectivity index (χ4n) is 0.273. The first-order chi connectivity index (χ1) is 4.63. The lowest BCUT2D eigenvalue weighted by atomic mass is 10.5. The van der Waals surface area contributed by atoms with Gasteiger partial charge >= 0.3 is 0 Å². The molecule has 4 nitrogen and oxygen atoms in total. The minimum absolute atomic E-state index is 0.833. The van der Waals surface area contributed by atoms with Gasteiger partial charge in [-0.05, 0) is 6.92 Å². The molecule has 0 aliphatic rings. The van der Waals surface area contributed by atoms with Crippen molar-refractivity contribution >= 4 is 5.97 Å². The molecule has 0 atom stereocenters. The van der Waals surface area contributed by atoms with Gasteiger partial charge in [0.05, 0.1) is 5.69 Å². The maximum atomic E-state index is 9.00. The third kappa shape index (κ3) is 6.68. The average molecular weight is 143 g/mol. The van der Waals surface area contributed by atoms with Crippen LogP contribution in [0.5, 0.6) is 0 Å². The highest BCUT2D eigenvalue weighted by atomic mass is 16.5. The Morgan fingerprint density at radius 2 is 2.30 bits per heavy atom. The van der Waals surface area contributed by atoms with E-state index in [0.29, 0.717) is 0 Å². The minimum Gasteiger partial charge on any atom is -0.481 e. The van der Waals surface area contributed by atoms with Crippen LogP contribution in [0.25, 0.3) is 0 Å². The Labute approximate surface area is 58.5 Å². The maximum Gasteiger partial charge on any atom is 0.300 e. The van der Waals surface area contributed by atoms with Gasteiger partial charge in [-0.3, -0.25) is 4.79 Å². The number of hydrogen-bond acceptors (Lipinski definition) is 3. The van der Waals surface area contributed by atoms with Crippen molar-refractivity contribution in [1.82, 2.24) is 5.16 Å². The van der Waals surface area contributed by atoms with E-state index in [2.05, 4.69) is 9.68 Å². The van der Waals surface area contributed by atoms with E-state index in [-0.39, 0.29) is 0 Å². The molecule has 1 rings (SSSR count). The third-order valence-electron chi connectivity index (χ3n) is 0.567. The molecule has 1 aromatic heterocycles. The van der Waals surface area contributed by atoms with Gasteiger partial charge in [0.15, 0.2) is 0 Å². The molecule has 0 aliphatic heterocycles.